The maximum atomic E-state index is 10.7. The van der Waals surface area contributed by atoms with E-state index >= 15 is 0 Å². The number of carboxylic acid groups (broad SMARTS) is 1. The molecule has 0 atom stereocenters. The molecule has 0 radical (unpaired) electrons. The molecule has 1 saturated carbocycles. The minimum Gasteiger partial charge on any atom is -0.481 e. The van der Waals surface area contributed by atoms with E-state index in [0.717, 1.165) is 28.7 Å². The topological polar surface area (TPSA) is 68.0 Å². The van der Waals surface area contributed by atoms with Crippen LogP contribution in [0.5, 0.6) is 0 Å². The van der Waals surface area contributed by atoms with Crippen molar-refractivity contribution in [2.24, 2.45) is 0 Å². The molecule has 0 aliphatic heterocycles. The van der Waals surface area contributed by atoms with Crippen LogP contribution in [0.15, 0.2) is 27.8 Å². The summed E-state index contributed by atoms with van der Waals surface area (Å²) < 4.78 is 2.89. The molecule has 2 aromatic rings. The molecule has 1 aliphatic rings. The lowest BCUT2D eigenvalue weighted by atomic mass is 10.2. The summed E-state index contributed by atoms with van der Waals surface area (Å²) in [5.74, 6) is -0.157. The third-order valence-electron chi connectivity index (χ3n) is 3.02. The van der Waals surface area contributed by atoms with Gasteiger partial charge in [0, 0.05) is 21.1 Å². The molecule has 0 spiro atoms. The third-order valence-corrected chi connectivity index (χ3v) is 4.63. The number of aromatic nitrogens is 3. The summed E-state index contributed by atoms with van der Waals surface area (Å²) in [6, 6.07) is 5.92. The monoisotopic (exact) mass is 387 g/mol. The number of thioether (sulfide) groups is 1. The number of carbonyl (C=O) groups is 1. The van der Waals surface area contributed by atoms with E-state index in [9.17, 15) is 4.79 Å². The van der Waals surface area contributed by atoms with E-state index in [0.29, 0.717) is 16.2 Å². The van der Waals surface area contributed by atoms with Crippen LogP contribution in [0.3, 0.4) is 0 Å². The van der Waals surface area contributed by atoms with E-state index in [1.54, 1.807) is 0 Å². The van der Waals surface area contributed by atoms with Gasteiger partial charge in [-0.1, -0.05) is 39.3 Å². The van der Waals surface area contributed by atoms with Crippen molar-refractivity contribution >= 4 is 45.3 Å². The van der Waals surface area contributed by atoms with Crippen molar-refractivity contribution in [3.8, 4) is 11.4 Å². The van der Waals surface area contributed by atoms with E-state index in [1.165, 1.54) is 11.8 Å². The van der Waals surface area contributed by atoms with Crippen molar-refractivity contribution in [1.29, 1.82) is 0 Å². The van der Waals surface area contributed by atoms with Crippen LogP contribution in [0.2, 0.25) is 5.02 Å². The summed E-state index contributed by atoms with van der Waals surface area (Å²) >= 11 is 10.7. The smallest absolute Gasteiger partial charge is 0.313 e. The maximum absolute atomic E-state index is 10.7. The molecule has 8 heteroatoms. The minimum atomic E-state index is -0.864. The van der Waals surface area contributed by atoms with Gasteiger partial charge in [0.15, 0.2) is 11.0 Å². The summed E-state index contributed by atoms with van der Waals surface area (Å²) in [5, 5.41) is 18.4. The highest BCUT2D eigenvalue weighted by Gasteiger charge is 2.30. The van der Waals surface area contributed by atoms with Crippen LogP contribution >= 0.6 is 39.3 Å². The van der Waals surface area contributed by atoms with Gasteiger partial charge >= 0.3 is 5.97 Å². The van der Waals surface area contributed by atoms with Gasteiger partial charge in [-0.15, -0.1) is 10.2 Å². The fourth-order valence-corrected chi connectivity index (χ4v) is 3.63. The summed E-state index contributed by atoms with van der Waals surface area (Å²) in [7, 11) is 0. The van der Waals surface area contributed by atoms with Crippen LogP contribution in [-0.2, 0) is 4.79 Å². The molecule has 5 nitrogen and oxygen atoms in total. The lowest BCUT2D eigenvalue weighted by molar-refractivity contribution is -0.133. The molecule has 0 saturated heterocycles. The Balaban J connectivity index is 2.00. The fourth-order valence-electron chi connectivity index (χ4n) is 2.04. The van der Waals surface area contributed by atoms with Crippen LogP contribution in [-0.4, -0.2) is 31.6 Å². The van der Waals surface area contributed by atoms with Gasteiger partial charge in [0.25, 0.3) is 0 Å². The molecule has 21 heavy (non-hydrogen) atoms. The number of aliphatic carboxylic acids is 1. The number of carboxylic acids is 1. The molecule has 0 bridgehead atoms. The van der Waals surface area contributed by atoms with Crippen molar-refractivity contribution in [3.05, 3.63) is 27.7 Å². The highest BCUT2D eigenvalue weighted by atomic mass is 79.9. The molecular weight excluding hydrogens is 378 g/mol. The van der Waals surface area contributed by atoms with Gasteiger partial charge in [0.05, 0.1) is 5.75 Å². The average Bonchev–Trinajstić information content (AvgIpc) is 3.15. The molecule has 3 rings (SSSR count). The Hall–Kier alpha value is -1.05. The first-order valence-corrected chi connectivity index (χ1v) is 8.46. The lowest BCUT2D eigenvalue weighted by Gasteiger charge is -2.08. The Bertz CT molecular complexity index is 682. The Kier molecular flexibility index (Phi) is 4.24. The van der Waals surface area contributed by atoms with Crippen LogP contribution in [0.25, 0.3) is 11.4 Å². The van der Waals surface area contributed by atoms with Crippen molar-refractivity contribution in [3.63, 3.8) is 0 Å². The molecule has 0 amide bonds. The van der Waals surface area contributed by atoms with E-state index in [4.69, 9.17) is 16.7 Å². The van der Waals surface area contributed by atoms with Gasteiger partial charge in [0.2, 0.25) is 0 Å². The maximum Gasteiger partial charge on any atom is 0.313 e. The Labute approximate surface area is 138 Å². The van der Waals surface area contributed by atoms with E-state index < -0.39 is 5.97 Å². The number of benzene rings is 1. The summed E-state index contributed by atoms with van der Waals surface area (Å²) in [6.45, 7) is 0. The van der Waals surface area contributed by atoms with E-state index in [1.807, 2.05) is 22.8 Å². The van der Waals surface area contributed by atoms with Gasteiger partial charge in [-0.25, -0.2) is 0 Å². The molecule has 1 fully saturated rings. The van der Waals surface area contributed by atoms with Crippen molar-refractivity contribution in [2.75, 3.05) is 5.75 Å². The fraction of sp³-hybridized carbons (Fsp3) is 0.308. The molecule has 110 valence electrons. The third kappa shape index (κ3) is 3.41. The van der Waals surface area contributed by atoms with Crippen molar-refractivity contribution in [2.45, 2.75) is 24.0 Å². The number of hydrogen-bond donors (Lipinski definition) is 1. The highest BCUT2D eigenvalue weighted by Crippen LogP contribution is 2.41. The van der Waals surface area contributed by atoms with Crippen LogP contribution in [0, 0.1) is 0 Å². The lowest BCUT2D eigenvalue weighted by Crippen LogP contribution is -2.03. The number of hydrogen-bond acceptors (Lipinski definition) is 4. The summed E-state index contributed by atoms with van der Waals surface area (Å²) in [5.41, 5.74) is 0.871. The minimum absolute atomic E-state index is 0.0237. The van der Waals surface area contributed by atoms with Crippen LogP contribution in [0.4, 0.5) is 0 Å². The zero-order chi connectivity index (χ0) is 15.0. The zero-order valence-electron chi connectivity index (χ0n) is 10.8. The Morgan fingerprint density at radius 2 is 2.19 bits per heavy atom. The average molecular weight is 389 g/mol. The van der Waals surface area contributed by atoms with Crippen molar-refractivity contribution < 1.29 is 9.90 Å². The molecule has 1 aromatic heterocycles. The predicted molar refractivity (Wildman–Crippen MR) is 84.8 cm³/mol. The number of halogens is 2. The van der Waals surface area contributed by atoms with Gasteiger partial charge < -0.3 is 5.11 Å². The molecule has 0 unspecified atom stereocenters. The number of rotatable bonds is 5. The largest absolute Gasteiger partial charge is 0.481 e. The number of nitrogens with zero attached hydrogens (tertiary/aromatic N) is 3. The van der Waals surface area contributed by atoms with Gasteiger partial charge in [-0.2, -0.15) is 0 Å². The van der Waals surface area contributed by atoms with E-state index in [2.05, 4.69) is 26.1 Å². The Morgan fingerprint density at radius 1 is 1.43 bits per heavy atom. The van der Waals surface area contributed by atoms with Crippen LogP contribution < -0.4 is 0 Å². The van der Waals surface area contributed by atoms with Crippen molar-refractivity contribution in [1.82, 2.24) is 14.8 Å². The second kappa shape index (κ2) is 5.98. The second-order valence-corrected chi connectivity index (χ2v) is 7.04. The van der Waals surface area contributed by atoms with Crippen LogP contribution in [0.1, 0.15) is 18.9 Å². The molecule has 1 N–H and O–H groups in total. The van der Waals surface area contributed by atoms with Gasteiger partial charge in [-0.05, 0) is 31.0 Å². The standard InChI is InChI=1S/C13H11BrClN3O2S/c14-8-3-7(4-9(15)5-8)12-16-17-13(21-6-11(19)20)18(12)10-1-2-10/h3-5,10H,1-2,6H2,(H,19,20). The first-order chi connectivity index (χ1) is 10.0. The second-order valence-electron chi connectivity index (χ2n) is 4.75. The van der Waals surface area contributed by atoms with Gasteiger partial charge in [0.1, 0.15) is 0 Å². The Morgan fingerprint density at radius 3 is 2.81 bits per heavy atom. The first-order valence-electron chi connectivity index (χ1n) is 6.30. The first kappa shape index (κ1) is 14.9. The predicted octanol–water partition coefficient (Wildman–Crippen LogP) is 3.87. The molecule has 1 heterocycles. The molecular formula is C13H11BrClN3O2S. The highest BCUT2D eigenvalue weighted by molar-refractivity contribution is 9.10. The SMILES string of the molecule is O=C(O)CSc1nnc(-c2cc(Cl)cc(Br)c2)n1C1CC1. The van der Waals surface area contributed by atoms with E-state index in [-0.39, 0.29) is 5.75 Å². The summed E-state index contributed by atoms with van der Waals surface area (Å²) in [6.07, 6.45) is 2.13. The van der Waals surface area contributed by atoms with Gasteiger partial charge in [-0.3, -0.25) is 9.36 Å². The quantitative estimate of drug-likeness (QED) is 0.787. The summed E-state index contributed by atoms with van der Waals surface area (Å²) in [4.78, 5) is 10.7. The molecule has 1 aliphatic carbocycles. The molecule has 1 aromatic carbocycles. The normalized spacial score (nSPS) is 14.4. The zero-order valence-corrected chi connectivity index (χ0v) is 14.0.